The Hall–Kier alpha value is -4.10. The molecule has 12 heteroatoms. The Morgan fingerprint density at radius 3 is 2.63 bits per heavy atom. The first-order chi connectivity index (χ1) is 25.1. The van der Waals surface area contributed by atoms with E-state index in [0.717, 1.165) is 91.5 Å². The van der Waals surface area contributed by atoms with Crippen molar-refractivity contribution >= 4 is 33.0 Å². The van der Waals surface area contributed by atoms with E-state index in [1.807, 2.05) is 17.5 Å². The predicted molar refractivity (Wildman–Crippen MR) is 195 cm³/mol. The fourth-order valence-electron chi connectivity index (χ4n) is 9.70. The number of hydrogen-bond donors (Lipinski definition) is 2. The van der Waals surface area contributed by atoms with E-state index < -0.39 is 11.5 Å². The quantitative estimate of drug-likeness (QED) is 0.229. The molecule has 11 nitrogen and oxygen atoms in total. The Kier molecular flexibility index (Phi) is 7.32. The minimum atomic E-state index is -1.11. The summed E-state index contributed by atoms with van der Waals surface area (Å²) in [6, 6.07) is 8.78. The van der Waals surface area contributed by atoms with Crippen molar-refractivity contribution < 1.29 is 28.8 Å². The van der Waals surface area contributed by atoms with Gasteiger partial charge in [-0.05, 0) is 86.0 Å². The van der Waals surface area contributed by atoms with Crippen molar-refractivity contribution in [1.82, 2.24) is 24.5 Å². The van der Waals surface area contributed by atoms with Crippen LogP contribution in [0, 0.1) is 16.6 Å². The normalized spacial score (nSPS) is 25.2. The van der Waals surface area contributed by atoms with E-state index in [2.05, 4.69) is 9.80 Å². The number of fused-ring (bicyclic) bond motifs is 7. The highest BCUT2D eigenvalue weighted by Gasteiger charge is 2.48. The molecule has 5 aromatic rings. The van der Waals surface area contributed by atoms with E-state index in [-0.39, 0.29) is 29.6 Å². The lowest BCUT2D eigenvalue weighted by Gasteiger charge is -2.34. The van der Waals surface area contributed by atoms with E-state index in [9.17, 15) is 10.2 Å². The van der Waals surface area contributed by atoms with Crippen LogP contribution in [0.15, 0.2) is 36.5 Å². The Bertz CT molecular complexity index is 2250. The van der Waals surface area contributed by atoms with Crippen LogP contribution in [0.2, 0.25) is 0 Å². The Morgan fingerprint density at radius 1 is 0.962 bits per heavy atom. The molecule has 2 aromatic carbocycles. The number of likely N-dealkylation sites (tertiary alicyclic amines) is 1. The number of pyridine rings is 1. The molecule has 6 heterocycles. The van der Waals surface area contributed by atoms with Crippen LogP contribution in [0.4, 0.5) is 10.2 Å². The zero-order valence-electron chi connectivity index (χ0n) is 29.8. The Morgan fingerprint density at radius 2 is 1.81 bits per heavy atom. The Labute approximate surface area is 301 Å². The number of rotatable bonds is 6. The van der Waals surface area contributed by atoms with Crippen molar-refractivity contribution in [2.24, 2.45) is 10.8 Å². The van der Waals surface area contributed by atoms with Crippen LogP contribution in [-0.4, -0.2) is 106 Å². The van der Waals surface area contributed by atoms with Gasteiger partial charge in [0.25, 0.3) is 0 Å². The zero-order valence-corrected chi connectivity index (χ0v) is 29.8. The summed E-state index contributed by atoms with van der Waals surface area (Å²) < 4.78 is 36.0. The summed E-state index contributed by atoms with van der Waals surface area (Å²) >= 11 is 0. The van der Waals surface area contributed by atoms with Crippen molar-refractivity contribution in [1.29, 1.82) is 0 Å². The maximum Gasteiger partial charge on any atom is 0.318 e. The van der Waals surface area contributed by atoms with Crippen molar-refractivity contribution in [3.8, 4) is 23.0 Å². The molecular weight excluding hydrogens is 663 g/mol. The number of hydrogen-bond acceptors (Lipinski definition) is 10. The van der Waals surface area contributed by atoms with E-state index in [4.69, 9.17) is 29.3 Å². The van der Waals surface area contributed by atoms with Crippen molar-refractivity contribution in [3.63, 3.8) is 0 Å². The van der Waals surface area contributed by atoms with Crippen molar-refractivity contribution in [2.45, 2.75) is 57.5 Å². The largest absolute Gasteiger partial charge is 0.508 e. The van der Waals surface area contributed by atoms with Gasteiger partial charge in [-0.1, -0.05) is 13.0 Å². The van der Waals surface area contributed by atoms with Gasteiger partial charge in [-0.3, -0.25) is 0 Å². The minimum Gasteiger partial charge on any atom is -0.508 e. The SMILES string of the molecule is CC1c2c(n3nccc3c3c(N4CCOCC(C)(O)C4)nc(OCC4(CN5CCC6(CCOCC6)C5)CC4)nc23)-c2cc(O)cc3ccc(F)c1c23. The van der Waals surface area contributed by atoms with Crippen molar-refractivity contribution in [2.75, 3.05) is 70.7 Å². The van der Waals surface area contributed by atoms with Gasteiger partial charge in [-0.25, -0.2) is 8.91 Å². The molecule has 2 unspecified atom stereocenters. The summed E-state index contributed by atoms with van der Waals surface area (Å²) in [5.41, 5.74) is 3.56. The minimum absolute atomic E-state index is 0.0483. The lowest BCUT2D eigenvalue weighted by molar-refractivity contribution is -0.0123. The number of aromatic nitrogens is 4. The standard InChI is InChI=1S/C40H45FN6O5/c1-24-30-28(41)4-3-25-17-26(48)18-27(32(25)30)35-31(24)34-33(29-5-11-42-47(29)35)36(46-13-16-51-22-38(2,49)19-46)44-37(43-34)52-23-40(6-7-40)21-45-12-8-39(20-45)9-14-50-15-10-39/h3-5,11,17-18,24,48-49H,6-10,12-16,19-23H2,1-2H3. The molecule has 272 valence electrons. The maximum atomic E-state index is 16.0. The molecule has 0 radical (unpaired) electrons. The maximum absolute atomic E-state index is 16.0. The molecule has 3 aliphatic heterocycles. The second-order valence-corrected chi connectivity index (χ2v) is 16.6. The van der Waals surface area contributed by atoms with Crippen LogP contribution in [0.5, 0.6) is 11.8 Å². The molecule has 10 rings (SSSR count). The lowest BCUT2D eigenvalue weighted by Crippen LogP contribution is -2.42. The number of aromatic hydroxyl groups is 1. The number of halogens is 1. The van der Waals surface area contributed by atoms with E-state index in [0.29, 0.717) is 54.2 Å². The molecule has 1 spiro atoms. The molecule has 2 atom stereocenters. The molecule has 1 saturated carbocycles. The van der Waals surface area contributed by atoms with Crippen LogP contribution < -0.4 is 9.64 Å². The third-order valence-corrected chi connectivity index (χ3v) is 12.5. The molecule has 0 amide bonds. The molecule has 5 aliphatic rings. The molecular formula is C40H45FN6O5. The van der Waals surface area contributed by atoms with Crippen LogP contribution >= 0.6 is 0 Å². The second kappa shape index (κ2) is 11.7. The van der Waals surface area contributed by atoms with E-state index in [1.54, 1.807) is 31.3 Å². The molecule has 52 heavy (non-hydrogen) atoms. The molecule has 2 aliphatic carbocycles. The predicted octanol–water partition coefficient (Wildman–Crippen LogP) is 5.66. The van der Waals surface area contributed by atoms with E-state index >= 15 is 4.39 Å². The topological polar surface area (TPSA) is 118 Å². The first-order valence-corrected chi connectivity index (χ1v) is 18.8. The number of β-amino-alcohol motifs (C(OH)–C–C–N with tert-alkyl or cyclic N) is 1. The second-order valence-electron chi connectivity index (χ2n) is 16.6. The fraction of sp³-hybridized carbons (Fsp3) is 0.525. The highest BCUT2D eigenvalue weighted by Crippen LogP contribution is 2.52. The molecule has 0 bridgehead atoms. The molecule has 3 aromatic heterocycles. The number of anilines is 1. The monoisotopic (exact) mass is 708 g/mol. The molecule has 4 fully saturated rings. The number of phenolic OH excluding ortho intramolecular Hbond substituents is 1. The van der Waals surface area contributed by atoms with Gasteiger partial charge in [0.15, 0.2) is 0 Å². The van der Waals surface area contributed by atoms with Gasteiger partial charge in [-0.15, -0.1) is 0 Å². The summed E-state index contributed by atoms with van der Waals surface area (Å²) in [4.78, 5) is 15.0. The van der Waals surface area contributed by atoms with Crippen LogP contribution in [0.1, 0.15) is 63.0 Å². The van der Waals surface area contributed by atoms with Gasteiger partial charge in [0, 0.05) is 60.9 Å². The van der Waals surface area contributed by atoms with Crippen LogP contribution in [0.3, 0.4) is 0 Å². The number of aliphatic hydroxyl groups is 1. The van der Waals surface area contributed by atoms with E-state index in [1.165, 1.54) is 12.5 Å². The van der Waals surface area contributed by atoms with Gasteiger partial charge in [0.05, 0.1) is 54.7 Å². The number of phenols is 1. The van der Waals surface area contributed by atoms with Crippen LogP contribution in [0.25, 0.3) is 38.4 Å². The Balaban J connectivity index is 1.11. The third kappa shape index (κ3) is 5.24. The first-order valence-electron chi connectivity index (χ1n) is 18.8. The number of ether oxygens (including phenoxy) is 3. The summed E-state index contributed by atoms with van der Waals surface area (Å²) in [7, 11) is 0. The summed E-state index contributed by atoms with van der Waals surface area (Å²) in [6.07, 6.45) is 7.46. The van der Waals surface area contributed by atoms with Gasteiger partial charge in [0.1, 0.15) is 23.0 Å². The van der Waals surface area contributed by atoms with Gasteiger partial charge in [0.2, 0.25) is 0 Å². The van der Waals surface area contributed by atoms with Gasteiger partial charge < -0.3 is 34.2 Å². The fourth-order valence-corrected chi connectivity index (χ4v) is 9.70. The lowest BCUT2D eigenvalue weighted by atomic mass is 9.78. The van der Waals surface area contributed by atoms with Crippen LogP contribution in [-0.2, 0) is 9.47 Å². The van der Waals surface area contributed by atoms with Crippen molar-refractivity contribution in [3.05, 3.63) is 53.5 Å². The molecule has 2 N–H and O–H groups in total. The molecule has 3 saturated heterocycles. The first kappa shape index (κ1) is 32.5. The smallest absolute Gasteiger partial charge is 0.318 e. The zero-order chi connectivity index (χ0) is 35.4. The van der Waals surface area contributed by atoms with Gasteiger partial charge >= 0.3 is 6.01 Å². The highest BCUT2D eigenvalue weighted by atomic mass is 19.1. The van der Waals surface area contributed by atoms with Gasteiger partial charge in [-0.2, -0.15) is 15.1 Å². The number of benzene rings is 2. The summed E-state index contributed by atoms with van der Waals surface area (Å²) in [6.45, 7) is 10.7. The third-order valence-electron chi connectivity index (χ3n) is 12.5. The average molecular weight is 709 g/mol. The number of nitrogens with zero attached hydrogens (tertiary/aromatic N) is 6. The highest BCUT2D eigenvalue weighted by molar-refractivity contribution is 6.11. The summed E-state index contributed by atoms with van der Waals surface area (Å²) in [5, 5.41) is 29.3. The average Bonchev–Trinajstić information content (AvgIpc) is 3.60. The summed E-state index contributed by atoms with van der Waals surface area (Å²) in [5.74, 6) is 0.00602.